The summed E-state index contributed by atoms with van der Waals surface area (Å²) in [7, 11) is -6.42. The molecular weight excluding hydrogens is 286 g/mol. The van der Waals surface area contributed by atoms with Crippen molar-refractivity contribution in [3.63, 3.8) is 0 Å². The van der Waals surface area contributed by atoms with Crippen molar-refractivity contribution in [2.75, 3.05) is 11.5 Å². The van der Waals surface area contributed by atoms with Gasteiger partial charge in [-0.15, -0.1) is 3.77 Å². The molecule has 2 aliphatic rings. The molecule has 1 fully saturated rings. The lowest BCUT2D eigenvalue weighted by atomic mass is 10.2. The molecule has 0 saturated carbocycles. The summed E-state index contributed by atoms with van der Waals surface area (Å²) in [6, 6.07) is 0. The Balaban J connectivity index is 2.06. The van der Waals surface area contributed by atoms with Gasteiger partial charge >= 0.3 is 10.0 Å². The first kappa shape index (κ1) is 13.1. The Bertz CT molecular complexity index is 700. The average Bonchev–Trinajstić information content (AvgIpc) is 2.94. The van der Waals surface area contributed by atoms with Crippen LogP contribution in [0.25, 0.3) is 0 Å². The molecule has 0 aliphatic carbocycles. The molecule has 0 bridgehead atoms. The Hall–Kier alpha value is -0.890. The molecule has 6 nitrogen and oxygen atoms in total. The van der Waals surface area contributed by atoms with Gasteiger partial charge in [0.05, 0.1) is 15.9 Å². The Morgan fingerprint density at radius 2 is 1.95 bits per heavy atom. The number of rotatable bonds is 2. The highest BCUT2D eigenvalue weighted by Gasteiger charge is 2.27. The molecule has 1 aromatic rings. The monoisotopic (exact) mass is 303 g/mol. The summed E-state index contributed by atoms with van der Waals surface area (Å²) < 4.78 is 42.4. The van der Waals surface area contributed by atoms with Crippen LogP contribution in [-0.4, -0.2) is 33.7 Å². The molecule has 8 heteroatoms. The molecule has 3 rings (SSSR count). The number of nitrogens with zero attached hydrogens (tertiary/aromatic N) is 3. The van der Waals surface area contributed by atoms with Gasteiger partial charge in [0.15, 0.2) is 5.03 Å². The van der Waals surface area contributed by atoms with E-state index in [1.165, 1.54) is 6.20 Å². The van der Waals surface area contributed by atoms with Gasteiger partial charge < -0.3 is 4.57 Å². The second kappa shape index (κ2) is 4.59. The summed E-state index contributed by atoms with van der Waals surface area (Å²) in [5, 5.41) is 0.108. The maximum absolute atomic E-state index is 12.3. The maximum atomic E-state index is 12.3. The summed E-state index contributed by atoms with van der Waals surface area (Å²) in [6.45, 7) is 0.653. The number of imidazole rings is 1. The van der Waals surface area contributed by atoms with Crippen molar-refractivity contribution in [1.29, 1.82) is 0 Å². The number of aromatic nitrogens is 2. The predicted molar refractivity (Wildman–Crippen MR) is 71.9 cm³/mol. The summed E-state index contributed by atoms with van der Waals surface area (Å²) in [5.74, 6) is 1.59. The molecule has 0 atom stereocenters. The molecule has 1 saturated heterocycles. The van der Waals surface area contributed by atoms with E-state index in [1.54, 1.807) is 4.57 Å². The zero-order valence-corrected chi connectivity index (χ0v) is 12.3. The summed E-state index contributed by atoms with van der Waals surface area (Å²) in [5.41, 5.74) is 0. The molecule has 0 radical (unpaired) electrons. The third-order valence-electron chi connectivity index (χ3n) is 3.61. The Labute approximate surface area is 113 Å². The van der Waals surface area contributed by atoms with Crippen LogP contribution >= 0.6 is 0 Å². The van der Waals surface area contributed by atoms with Crippen LogP contribution < -0.4 is 0 Å². The molecule has 0 amide bonds. The van der Waals surface area contributed by atoms with Gasteiger partial charge in [-0.1, -0.05) is 0 Å². The highest BCUT2D eigenvalue weighted by molar-refractivity contribution is 8.03. The molecule has 0 spiro atoms. The SMILES string of the molecule is O=S(=O)(N=S1(=O)CCCC1)c1cnc2n1CCCC2. The van der Waals surface area contributed by atoms with Crippen molar-refractivity contribution in [3.8, 4) is 0 Å². The van der Waals surface area contributed by atoms with Crippen molar-refractivity contribution in [2.45, 2.75) is 43.7 Å². The van der Waals surface area contributed by atoms with E-state index in [9.17, 15) is 12.6 Å². The fourth-order valence-corrected chi connectivity index (χ4v) is 7.15. The van der Waals surface area contributed by atoms with Gasteiger partial charge in [0.1, 0.15) is 5.82 Å². The third-order valence-corrected chi connectivity index (χ3v) is 8.19. The minimum Gasteiger partial charge on any atom is -0.318 e. The van der Waals surface area contributed by atoms with Gasteiger partial charge in [-0.05, 0) is 25.7 Å². The van der Waals surface area contributed by atoms with Crippen LogP contribution in [-0.2, 0) is 32.7 Å². The van der Waals surface area contributed by atoms with E-state index in [1.807, 2.05) is 0 Å². The van der Waals surface area contributed by atoms with Crippen LogP contribution in [0.5, 0.6) is 0 Å². The topological polar surface area (TPSA) is 81.4 Å². The number of hydrogen-bond donors (Lipinski definition) is 0. The lowest BCUT2D eigenvalue weighted by Crippen LogP contribution is -2.16. The zero-order valence-electron chi connectivity index (χ0n) is 10.6. The van der Waals surface area contributed by atoms with E-state index in [0.717, 1.165) is 37.9 Å². The third kappa shape index (κ3) is 2.43. The number of sulfonamides is 1. The first-order valence-electron chi connectivity index (χ1n) is 6.53. The van der Waals surface area contributed by atoms with Gasteiger partial charge in [-0.2, -0.15) is 8.42 Å². The molecule has 0 N–H and O–H groups in total. The van der Waals surface area contributed by atoms with Crippen LogP contribution in [0.15, 0.2) is 15.0 Å². The van der Waals surface area contributed by atoms with E-state index in [2.05, 4.69) is 8.75 Å². The summed E-state index contributed by atoms with van der Waals surface area (Å²) >= 11 is 0. The minimum atomic E-state index is -3.85. The van der Waals surface area contributed by atoms with Crippen LogP contribution in [0.4, 0.5) is 0 Å². The van der Waals surface area contributed by atoms with Crippen LogP contribution in [0.3, 0.4) is 0 Å². The highest BCUT2D eigenvalue weighted by Crippen LogP contribution is 2.23. The Kier molecular flexibility index (Phi) is 3.17. The molecule has 106 valence electrons. The summed E-state index contributed by atoms with van der Waals surface area (Å²) in [6.07, 6.45) is 5.72. The molecular formula is C11H17N3O3S2. The smallest absolute Gasteiger partial charge is 0.307 e. The highest BCUT2D eigenvalue weighted by atomic mass is 32.3. The van der Waals surface area contributed by atoms with Crippen molar-refractivity contribution in [3.05, 3.63) is 12.0 Å². The zero-order chi connectivity index (χ0) is 13.5. The normalized spacial score (nSPS) is 22.1. The largest absolute Gasteiger partial charge is 0.318 e. The standard InChI is InChI=1S/C11H17N3O3S2/c15-18(7-3-4-8-18)13-19(16,17)11-9-12-10-5-1-2-6-14(10)11/h9H,1-8H2. The van der Waals surface area contributed by atoms with Gasteiger partial charge in [0.25, 0.3) is 0 Å². The first-order valence-corrected chi connectivity index (χ1v) is 9.83. The Morgan fingerprint density at radius 1 is 1.21 bits per heavy atom. The van der Waals surface area contributed by atoms with Crippen molar-refractivity contribution >= 4 is 19.8 Å². The van der Waals surface area contributed by atoms with Crippen LogP contribution in [0.2, 0.25) is 0 Å². The van der Waals surface area contributed by atoms with E-state index >= 15 is 0 Å². The van der Waals surface area contributed by atoms with Gasteiger partial charge in [0, 0.05) is 24.5 Å². The minimum absolute atomic E-state index is 0.108. The summed E-state index contributed by atoms with van der Waals surface area (Å²) in [4.78, 5) is 4.15. The van der Waals surface area contributed by atoms with Gasteiger partial charge in [0.2, 0.25) is 0 Å². The van der Waals surface area contributed by atoms with E-state index in [4.69, 9.17) is 0 Å². The van der Waals surface area contributed by atoms with E-state index in [-0.39, 0.29) is 5.03 Å². The number of aryl methyl sites for hydroxylation is 1. The van der Waals surface area contributed by atoms with E-state index < -0.39 is 19.8 Å². The number of hydrogen-bond acceptors (Lipinski definition) is 4. The molecule has 0 aromatic carbocycles. The predicted octanol–water partition coefficient (Wildman–Crippen LogP) is 1.17. The number of fused-ring (bicyclic) bond motifs is 1. The van der Waals surface area contributed by atoms with Crippen molar-refractivity contribution in [2.24, 2.45) is 3.77 Å². The van der Waals surface area contributed by atoms with Gasteiger partial charge in [-0.3, -0.25) is 0 Å². The molecule has 2 aliphatic heterocycles. The van der Waals surface area contributed by atoms with Crippen LogP contribution in [0.1, 0.15) is 31.5 Å². The van der Waals surface area contributed by atoms with E-state index in [0.29, 0.717) is 18.1 Å². The first-order chi connectivity index (χ1) is 9.00. The fourth-order valence-electron chi connectivity index (χ4n) is 2.64. The second-order valence-corrected chi connectivity index (χ2v) is 9.39. The quantitative estimate of drug-likeness (QED) is 0.821. The maximum Gasteiger partial charge on any atom is 0.307 e. The van der Waals surface area contributed by atoms with Crippen LogP contribution in [0, 0.1) is 0 Å². The lowest BCUT2D eigenvalue weighted by Gasteiger charge is -2.15. The van der Waals surface area contributed by atoms with Gasteiger partial charge in [-0.25, -0.2) is 9.19 Å². The van der Waals surface area contributed by atoms with Crippen molar-refractivity contribution in [1.82, 2.24) is 9.55 Å². The molecule has 1 aromatic heterocycles. The molecule has 19 heavy (non-hydrogen) atoms. The molecule has 3 heterocycles. The van der Waals surface area contributed by atoms with Crippen molar-refractivity contribution < 1.29 is 12.6 Å². The fraction of sp³-hybridized carbons (Fsp3) is 0.727. The lowest BCUT2D eigenvalue weighted by molar-refractivity contribution is 0.488. The average molecular weight is 303 g/mol. The second-order valence-electron chi connectivity index (χ2n) is 5.06. The Morgan fingerprint density at radius 3 is 2.68 bits per heavy atom. The molecule has 0 unspecified atom stereocenters.